The zero-order chi connectivity index (χ0) is 16.2. The van der Waals surface area contributed by atoms with Gasteiger partial charge in [0, 0.05) is 0 Å². The predicted octanol–water partition coefficient (Wildman–Crippen LogP) is 1.92. The molecule has 2 aromatic carbocycles. The summed E-state index contributed by atoms with van der Waals surface area (Å²) in [7, 11) is 0. The van der Waals surface area contributed by atoms with Crippen LogP contribution in [0.5, 0.6) is 5.75 Å². The summed E-state index contributed by atoms with van der Waals surface area (Å²) in [5.74, 6) is -0.222. The van der Waals surface area contributed by atoms with E-state index in [4.69, 9.17) is 0 Å². The van der Waals surface area contributed by atoms with Crippen molar-refractivity contribution in [3.8, 4) is 5.75 Å². The molecule has 1 amide bonds. The number of thiazole rings is 1. The van der Waals surface area contributed by atoms with E-state index in [1.807, 2.05) is 18.2 Å². The monoisotopic (exact) mass is 327 g/mol. The minimum absolute atomic E-state index is 0.0875. The van der Waals surface area contributed by atoms with Crippen LogP contribution in [0.25, 0.3) is 10.2 Å². The van der Waals surface area contributed by atoms with Gasteiger partial charge in [-0.15, -0.1) is 0 Å². The Kier molecular flexibility index (Phi) is 4.20. The number of phenolic OH excluding ortho intramolecular Hbond substituents is 1. The van der Waals surface area contributed by atoms with Gasteiger partial charge in [0.05, 0.1) is 16.4 Å². The van der Waals surface area contributed by atoms with Gasteiger partial charge in [-0.1, -0.05) is 23.5 Å². The van der Waals surface area contributed by atoms with Gasteiger partial charge in [-0.25, -0.2) is 5.43 Å². The van der Waals surface area contributed by atoms with Crippen LogP contribution >= 0.6 is 11.3 Å². The van der Waals surface area contributed by atoms with E-state index in [0.717, 1.165) is 27.1 Å². The molecule has 116 valence electrons. The van der Waals surface area contributed by atoms with Crippen LogP contribution in [0.2, 0.25) is 0 Å². The fourth-order valence-electron chi connectivity index (χ4n) is 2.08. The molecule has 0 aliphatic carbocycles. The van der Waals surface area contributed by atoms with Crippen molar-refractivity contribution in [3.63, 3.8) is 0 Å². The summed E-state index contributed by atoms with van der Waals surface area (Å²) in [6, 6.07) is 13.7. The number of aromatic nitrogens is 1. The molecule has 1 aromatic heterocycles. The number of carbonyl (C=O) groups is 1. The third-order valence-electron chi connectivity index (χ3n) is 3.17. The van der Waals surface area contributed by atoms with Crippen LogP contribution in [0.15, 0.2) is 58.4 Å². The highest BCUT2D eigenvalue weighted by Gasteiger charge is 2.10. The number of phenols is 1. The Bertz CT molecular complexity index is 926. The molecule has 2 N–H and O–H groups in total. The average molecular weight is 327 g/mol. The van der Waals surface area contributed by atoms with Crippen LogP contribution < -0.4 is 10.3 Å². The number of fused-ring (bicyclic) bond motifs is 1. The first-order chi connectivity index (χ1) is 11.1. The molecular weight excluding hydrogens is 314 g/mol. The minimum atomic E-state index is -0.384. The molecule has 23 heavy (non-hydrogen) atoms. The molecule has 0 aliphatic rings. The Hall–Kier alpha value is -2.93. The summed E-state index contributed by atoms with van der Waals surface area (Å²) in [4.78, 5) is 23.7. The number of hydrogen-bond donors (Lipinski definition) is 2. The largest absolute Gasteiger partial charge is 0.508 e. The van der Waals surface area contributed by atoms with Crippen LogP contribution in [-0.4, -0.2) is 21.8 Å². The van der Waals surface area contributed by atoms with E-state index in [1.54, 1.807) is 18.2 Å². The second-order valence-electron chi connectivity index (χ2n) is 4.81. The number of nitrogens with zero attached hydrogens (tertiary/aromatic N) is 2. The lowest BCUT2D eigenvalue weighted by atomic mass is 10.2. The van der Waals surface area contributed by atoms with Gasteiger partial charge < -0.3 is 5.11 Å². The molecule has 0 aliphatic heterocycles. The standard InChI is InChI=1S/C16H13N3O3S/c20-12-7-5-11(6-8-12)9-17-18-15(21)10-19-13-3-1-2-4-14(13)23-16(19)22/h1-9,20H,10H2,(H,18,21)/b17-9+. The lowest BCUT2D eigenvalue weighted by molar-refractivity contribution is -0.121. The van der Waals surface area contributed by atoms with Crippen LogP contribution in [-0.2, 0) is 11.3 Å². The number of carbonyl (C=O) groups excluding carboxylic acids is 1. The maximum absolute atomic E-state index is 11.9. The van der Waals surface area contributed by atoms with Crippen LogP contribution in [0.3, 0.4) is 0 Å². The Labute approximate surface area is 135 Å². The summed E-state index contributed by atoms with van der Waals surface area (Å²) in [6.07, 6.45) is 1.46. The highest BCUT2D eigenvalue weighted by Crippen LogP contribution is 2.16. The van der Waals surface area contributed by atoms with Crippen LogP contribution in [0.1, 0.15) is 5.56 Å². The Morgan fingerprint density at radius 1 is 1.22 bits per heavy atom. The molecule has 1 heterocycles. The van der Waals surface area contributed by atoms with E-state index in [2.05, 4.69) is 10.5 Å². The van der Waals surface area contributed by atoms with Gasteiger partial charge in [-0.05, 0) is 42.0 Å². The van der Waals surface area contributed by atoms with Gasteiger partial charge in [-0.3, -0.25) is 14.2 Å². The third-order valence-corrected chi connectivity index (χ3v) is 4.13. The van der Waals surface area contributed by atoms with Crippen molar-refractivity contribution in [1.29, 1.82) is 0 Å². The molecule has 6 nitrogen and oxygen atoms in total. The van der Waals surface area contributed by atoms with Gasteiger partial charge in [0.1, 0.15) is 12.3 Å². The first-order valence-electron chi connectivity index (χ1n) is 6.83. The number of hydrogen-bond acceptors (Lipinski definition) is 5. The normalized spacial score (nSPS) is 11.1. The first kappa shape index (κ1) is 15.0. The van der Waals surface area contributed by atoms with Crippen molar-refractivity contribution in [2.24, 2.45) is 5.10 Å². The maximum atomic E-state index is 11.9. The van der Waals surface area contributed by atoms with Crippen molar-refractivity contribution in [2.75, 3.05) is 0 Å². The van der Waals surface area contributed by atoms with Gasteiger partial charge >= 0.3 is 4.87 Å². The number of hydrazone groups is 1. The highest BCUT2D eigenvalue weighted by molar-refractivity contribution is 7.16. The topological polar surface area (TPSA) is 83.7 Å². The molecule has 0 bridgehead atoms. The van der Waals surface area contributed by atoms with Crippen molar-refractivity contribution in [2.45, 2.75) is 6.54 Å². The molecule has 0 saturated heterocycles. The summed E-state index contributed by atoms with van der Waals surface area (Å²) >= 11 is 1.11. The molecule has 3 aromatic rings. The van der Waals surface area contributed by atoms with E-state index < -0.39 is 0 Å². The van der Waals surface area contributed by atoms with E-state index in [0.29, 0.717) is 0 Å². The fourth-order valence-corrected chi connectivity index (χ4v) is 2.97. The second-order valence-corrected chi connectivity index (χ2v) is 5.80. The number of amides is 1. The molecule has 0 saturated carbocycles. The highest BCUT2D eigenvalue weighted by atomic mass is 32.1. The number of benzene rings is 2. The van der Waals surface area contributed by atoms with Crippen molar-refractivity contribution in [1.82, 2.24) is 9.99 Å². The van der Waals surface area contributed by atoms with Crippen molar-refractivity contribution < 1.29 is 9.90 Å². The molecular formula is C16H13N3O3S. The summed E-state index contributed by atoms with van der Waals surface area (Å²) < 4.78 is 2.27. The van der Waals surface area contributed by atoms with Gasteiger partial charge in [-0.2, -0.15) is 5.10 Å². The summed E-state index contributed by atoms with van der Waals surface area (Å²) in [6.45, 7) is -0.0875. The predicted molar refractivity (Wildman–Crippen MR) is 89.9 cm³/mol. The van der Waals surface area contributed by atoms with Gasteiger partial charge in [0.2, 0.25) is 0 Å². The number of aromatic hydroxyl groups is 1. The molecule has 0 atom stereocenters. The molecule has 7 heteroatoms. The maximum Gasteiger partial charge on any atom is 0.308 e. The molecule has 0 spiro atoms. The zero-order valence-corrected chi connectivity index (χ0v) is 12.8. The first-order valence-corrected chi connectivity index (χ1v) is 7.64. The lowest BCUT2D eigenvalue weighted by Crippen LogP contribution is -2.27. The van der Waals surface area contributed by atoms with Crippen LogP contribution in [0, 0.1) is 0 Å². The molecule has 0 radical (unpaired) electrons. The average Bonchev–Trinajstić information content (AvgIpc) is 2.85. The molecule has 0 unspecified atom stereocenters. The lowest BCUT2D eigenvalue weighted by Gasteiger charge is -2.02. The second kappa shape index (κ2) is 6.45. The quantitative estimate of drug-likeness (QED) is 0.567. The van der Waals surface area contributed by atoms with Gasteiger partial charge in [0.15, 0.2) is 0 Å². The Balaban J connectivity index is 1.68. The SMILES string of the molecule is O=C(Cn1c(=O)sc2ccccc21)N/N=C/c1ccc(O)cc1. The van der Waals surface area contributed by atoms with E-state index in [-0.39, 0.29) is 23.1 Å². The summed E-state index contributed by atoms with van der Waals surface area (Å²) in [5, 5.41) is 13.0. The number of rotatable bonds is 4. The number of para-hydroxylation sites is 1. The summed E-state index contributed by atoms with van der Waals surface area (Å²) in [5.41, 5.74) is 3.86. The zero-order valence-electron chi connectivity index (χ0n) is 12.0. The Morgan fingerprint density at radius 3 is 2.74 bits per heavy atom. The Morgan fingerprint density at radius 2 is 1.96 bits per heavy atom. The minimum Gasteiger partial charge on any atom is -0.508 e. The van der Waals surface area contributed by atoms with Gasteiger partial charge in [0.25, 0.3) is 5.91 Å². The molecule has 0 fully saturated rings. The van der Waals surface area contributed by atoms with E-state index >= 15 is 0 Å². The molecule has 3 rings (SSSR count). The van der Waals surface area contributed by atoms with E-state index in [1.165, 1.54) is 22.9 Å². The smallest absolute Gasteiger partial charge is 0.308 e. The number of nitrogens with one attached hydrogen (secondary N) is 1. The van der Waals surface area contributed by atoms with Crippen LogP contribution in [0.4, 0.5) is 0 Å². The third kappa shape index (κ3) is 3.46. The van der Waals surface area contributed by atoms with Crippen molar-refractivity contribution in [3.05, 3.63) is 63.8 Å². The van der Waals surface area contributed by atoms with Crippen molar-refractivity contribution >= 4 is 33.7 Å². The van der Waals surface area contributed by atoms with E-state index in [9.17, 15) is 14.7 Å². The fraction of sp³-hybridized carbons (Fsp3) is 0.0625.